The summed E-state index contributed by atoms with van der Waals surface area (Å²) in [6.45, 7) is 0.214. The maximum absolute atomic E-state index is 10.2. The third-order valence-corrected chi connectivity index (χ3v) is 0.873. The zero-order valence-electron chi connectivity index (χ0n) is 4.16. The fourth-order valence-electron chi connectivity index (χ4n) is 0.480. The van der Waals surface area contributed by atoms with Crippen molar-refractivity contribution in [3.8, 4) is 0 Å². The summed E-state index contributed by atoms with van der Waals surface area (Å²) >= 11 is 0. The number of hydrogen-bond acceptors (Lipinski definition) is 3. The molecule has 1 saturated heterocycles. The van der Waals surface area contributed by atoms with Gasteiger partial charge in [-0.05, 0) is 0 Å². The molecule has 0 radical (unpaired) electrons. The van der Waals surface area contributed by atoms with Crippen LogP contribution < -0.4 is 0 Å². The molecule has 1 heterocycles. The van der Waals surface area contributed by atoms with Crippen molar-refractivity contribution < 1.29 is 14.3 Å². The zero-order valence-corrected chi connectivity index (χ0v) is 4.16. The van der Waals surface area contributed by atoms with E-state index in [2.05, 4.69) is 4.74 Å². The van der Waals surface area contributed by atoms with Crippen LogP contribution in [0.4, 0.5) is 0 Å². The summed E-state index contributed by atoms with van der Waals surface area (Å²) in [6, 6.07) is 0. The minimum absolute atomic E-state index is 0.101. The Morgan fingerprint density at radius 2 is 2.50 bits per heavy atom. The zero-order chi connectivity index (χ0) is 5.98. The van der Waals surface area contributed by atoms with Gasteiger partial charge in [0.05, 0.1) is 0 Å². The lowest BCUT2D eigenvalue weighted by molar-refractivity contribution is -0.136. The Hall–Kier alpha value is -1.06. The Labute approximate surface area is 46.0 Å². The van der Waals surface area contributed by atoms with E-state index in [4.69, 9.17) is 0 Å². The number of carbonyl (C=O) groups excluding carboxylic acids is 2. The first kappa shape index (κ1) is 5.08. The van der Waals surface area contributed by atoms with E-state index in [9.17, 15) is 9.59 Å². The standard InChI is InChI=1S/C4H5NO3/c6-2-5-1-4(7)8-3-5/h2H,1,3H2. The van der Waals surface area contributed by atoms with E-state index >= 15 is 0 Å². The summed E-state index contributed by atoms with van der Waals surface area (Å²) in [5.41, 5.74) is 0. The first-order valence-electron chi connectivity index (χ1n) is 2.18. The number of nitrogens with zero attached hydrogens (tertiary/aromatic N) is 1. The highest BCUT2D eigenvalue weighted by atomic mass is 16.6. The molecule has 44 valence electrons. The van der Waals surface area contributed by atoms with Gasteiger partial charge in [-0.1, -0.05) is 0 Å². The molecular formula is C4H5NO3. The summed E-state index contributed by atoms with van der Waals surface area (Å²) in [4.78, 5) is 21.3. The predicted molar refractivity (Wildman–Crippen MR) is 23.7 cm³/mol. The van der Waals surface area contributed by atoms with E-state index in [1.807, 2.05) is 0 Å². The van der Waals surface area contributed by atoms with Crippen LogP contribution in [0.25, 0.3) is 0 Å². The number of cyclic esters (lactones) is 1. The molecule has 0 aromatic carbocycles. The minimum atomic E-state index is -0.336. The van der Waals surface area contributed by atoms with Crippen LogP contribution in [0.15, 0.2) is 0 Å². The SMILES string of the molecule is O=CN1COC(=O)C1. The highest BCUT2D eigenvalue weighted by Crippen LogP contribution is 1.94. The summed E-state index contributed by atoms with van der Waals surface area (Å²) in [5.74, 6) is -0.336. The quantitative estimate of drug-likeness (QED) is 0.324. The van der Waals surface area contributed by atoms with Crippen molar-refractivity contribution in [1.82, 2.24) is 4.90 Å². The van der Waals surface area contributed by atoms with E-state index in [1.54, 1.807) is 0 Å². The van der Waals surface area contributed by atoms with Gasteiger partial charge < -0.3 is 9.64 Å². The van der Waals surface area contributed by atoms with Crippen LogP contribution in [-0.4, -0.2) is 30.6 Å². The molecule has 1 aliphatic heterocycles. The van der Waals surface area contributed by atoms with Gasteiger partial charge in [0, 0.05) is 0 Å². The second-order valence-corrected chi connectivity index (χ2v) is 1.50. The Morgan fingerprint density at radius 3 is 2.75 bits per heavy atom. The molecule has 0 spiro atoms. The van der Waals surface area contributed by atoms with Gasteiger partial charge in [-0.25, -0.2) is 0 Å². The van der Waals surface area contributed by atoms with Crippen molar-refractivity contribution >= 4 is 12.4 Å². The van der Waals surface area contributed by atoms with Crippen LogP contribution in [0.5, 0.6) is 0 Å². The van der Waals surface area contributed by atoms with Gasteiger partial charge in [0.15, 0.2) is 6.73 Å². The number of amides is 1. The topological polar surface area (TPSA) is 46.6 Å². The van der Waals surface area contributed by atoms with Gasteiger partial charge in [0.1, 0.15) is 6.54 Å². The van der Waals surface area contributed by atoms with Gasteiger partial charge in [-0.2, -0.15) is 0 Å². The summed E-state index contributed by atoms with van der Waals surface area (Å²) < 4.78 is 4.41. The lowest BCUT2D eigenvalue weighted by atomic mass is 10.6. The molecule has 0 unspecified atom stereocenters. The van der Waals surface area contributed by atoms with Crippen LogP contribution in [0.2, 0.25) is 0 Å². The molecule has 0 saturated carbocycles. The number of carbonyl (C=O) groups is 2. The first-order chi connectivity index (χ1) is 3.83. The average molecular weight is 115 g/mol. The van der Waals surface area contributed by atoms with E-state index in [0.717, 1.165) is 0 Å². The molecule has 1 aliphatic rings. The van der Waals surface area contributed by atoms with Crippen LogP contribution in [-0.2, 0) is 14.3 Å². The molecule has 0 atom stereocenters. The smallest absolute Gasteiger partial charge is 0.327 e. The lowest BCUT2D eigenvalue weighted by Gasteiger charge is -1.98. The molecule has 0 N–H and O–H groups in total. The molecule has 0 bridgehead atoms. The van der Waals surface area contributed by atoms with Crippen molar-refractivity contribution in [3.63, 3.8) is 0 Å². The highest BCUT2D eigenvalue weighted by Gasteiger charge is 2.17. The molecule has 1 amide bonds. The van der Waals surface area contributed by atoms with E-state index < -0.39 is 0 Å². The molecule has 4 heteroatoms. The molecule has 0 aromatic heterocycles. The second kappa shape index (κ2) is 1.81. The Morgan fingerprint density at radius 1 is 1.75 bits per heavy atom. The molecular weight excluding hydrogens is 110 g/mol. The van der Waals surface area contributed by atoms with Crippen LogP contribution in [0.3, 0.4) is 0 Å². The van der Waals surface area contributed by atoms with Crippen LogP contribution in [0, 0.1) is 0 Å². The summed E-state index contributed by atoms with van der Waals surface area (Å²) in [5, 5.41) is 0. The maximum atomic E-state index is 10.2. The summed E-state index contributed by atoms with van der Waals surface area (Å²) in [7, 11) is 0. The molecule has 0 aromatic rings. The molecule has 0 aliphatic carbocycles. The number of rotatable bonds is 1. The average Bonchev–Trinajstić information content (AvgIpc) is 2.14. The van der Waals surface area contributed by atoms with Crippen LogP contribution in [0.1, 0.15) is 0 Å². The Kier molecular flexibility index (Phi) is 1.15. The first-order valence-corrected chi connectivity index (χ1v) is 2.18. The van der Waals surface area contributed by atoms with Gasteiger partial charge >= 0.3 is 5.97 Å². The fourth-order valence-corrected chi connectivity index (χ4v) is 0.480. The predicted octanol–water partition coefficient (Wildman–Crippen LogP) is -1.04. The van der Waals surface area contributed by atoms with Crippen molar-refractivity contribution in [2.75, 3.05) is 13.3 Å². The third kappa shape index (κ3) is 0.776. The van der Waals surface area contributed by atoms with Crippen molar-refractivity contribution in [2.24, 2.45) is 0 Å². The van der Waals surface area contributed by atoms with Crippen LogP contribution >= 0.6 is 0 Å². The summed E-state index contributed by atoms with van der Waals surface area (Å²) in [6.07, 6.45) is 0.588. The van der Waals surface area contributed by atoms with Crippen molar-refractivity contribution in [1.29, 1.82) is 0 Å². The Balaban J connectivity index is 2.43. The normalized spacial score (nSPS) is 18.5. The molecule has 4 nitrogen and oxygen atoms in total. The molecule has 1 fully saturated rings. The van der Waals surface area contributed by atoms with Gasteiger partial charge in [-0.3, -0.25) is 9.59 Å². The lowest BCUT2D eigenvalue weighted by Crippen LogP contribution is -2.17. The van der Waals surface area contributed by atoms with Crippen molar-refractivity contribution in [3.05, 3.63) is 0 Å². The van der Waals surface area contributed by atoms with Gasteiger partial charge in [-0.15, -0.1) is 0 Å². The molecule has 1 rings (SSSR count). The number of ether oxygens (including phenoxy) is 1. The second-order valence-electron chi connectivity index (χ2n) is 1.50. The van der Waals surface area contributed by atoms with E-state index in [1.165, 1.54) is 4.90 Å². The number of hydrogen-bond donors (Lipinski definition) is 0. The Bertz CT molecular complexity index is 122. The van der Waals surface area contributed by atoms with Crippen molar-refractivity contribution in [2.45, 2.75) is 0 Å². The van der Waals surface area contributed by atoms with Gasteiger partial charge in [0.25, 0.3) is 0 Å². The van der Waals surface area contributed by atoms with E-state index in [-0.39, 0.29) is 19.2 Å². The largest absolute Gasteiger partial charge is 0.443 e. The van der Waals surface area contributed by atoms with Gasteiger partial charge in [0.2, 0.25) is 6.41 Å². The molecule has 8 heavy (non-hydrogen) atoms. The van der Waals surface area contributed by atoms with E-state index in [0.29, 0.717) is 6.41 Å². The fraction of sp³-hybridized carbons (Fsp3) is 0.500. The highest BCUT2D eigenvalue weighted by molar-refractivity contribution is 5.76. The number of esters is 1. The third-order valence-electron chi connectivity index (χ3n) is 0.873. The monoisotopic (exact) mass is 115 g/mol. The maximum Gasteiger partial charge on any atom is 0.327 e. The minimum Gasteiger partial charge on any atom is -0.443 e.